The van der Waals surface area contributed by atoms with Crippen LogP contribution in [0.1, 0.15) is 42.4 Å². The Morgan fingerprint density at radius 2 is 1.89 bits per heavy atom. The van der Waals surface area contributed by atoms with Gasteiger partial charge in [-0.3, -0.25) is 4.98 Å². The van der Waals surface area contributed by atoms with Gasteiger partial charge in [0.05, 0.1) is 17.8 Å². The number of hydrogen-bond donors (Lipinski definition) is 1. The molecule has 1 fully saturated rings. The summed E-state index contributed by atoms with van der Waals surface area (Å²) in [6.07, 6.45) is 5.01. The Hall–Kier alpha value is -2.66. The topological polar surface area (TPSA) is 33.1 Å². The largest absolute Gasteiger partial charge is 0.352 e. The molecule has 0 saturated carbocycles. The molecule has 0 aliphatic carbocycles. The van der Waals surface area contributed by atoms with Crippen LogP contribution in [0.15, 0.2) is 67.0 Å². The summed E-state index contributed by atoms with van der Waals surface area (Å²) in [6, 6.07) is 19.1. The average molecular weight is 377 g/mol. The van der Waals surface area contributed by atoms with Crippen molar-refractivity contribution >= 4 is 17.3 Å². The molecule has 0 radical (unpaired) electrons. The SMILES string of the molecule is CCCN1C(=S)N[C@H](c2ccccn2)[C@@H]1c1cccn1-c1ccc(C)cc1. The molecule has 3 aromatic rings. The minimum atomic E-state index is 0.0318. The zero-order valence-electron chi connectivity index (χ0n) is 15.7. The van der Waals surface area contributed by atoms with Crippen molar-refractivity contribution in [2.24, 2.45) is 0 Å². The van der Waals surface area contributed by atoms with Crippen molar-refractivity contribution < 1.29 is 0 Å². The Kier molecular flexibility index (Phi) is 4.94. The maximum Gasteiger partial charge on any atom is 0.170 e. The van der Waals surface area contributed by atoms with Crippen molar-refractivity contribution in [3.8, 4) is 5.69 Å². The minimum absolute atomic E-state index is 0.0318. The lowest BCUT2D eigenvalue weighted by atomic mass is 10.0. The van der Waals surface area contributed by atoms with E-state index in [2.05, 4.69) is 82.3 Å². The molecule has 3 heterocycles. The first kappa shape index (κ1) is 17.7. The van der Waals surface area contributed by atoms with Crippen LogP contribution in [0.5, 0.6) is 0 Å². The molecule has 1 aliphatic heterocycles. The predicted molar refractivity (Wildman–Crippen MR) is 113 cm³/mol. The third-order valence-electron chi connectivity index (χ3n) is 5.06. The van der Waals surface area contributed by atoms with Crippen LogP contribution in [0.4, 0.5) is 0 Å². The third-order valence-corrected chi connectivity index (χ3v) is 5.41. The number of benzene rings is 1. The molecular formula is C22H24N4S. The van der Waals surface area contributed by atoms with Crippen molar-refractivity contribution in [3.63, 3.8) is 0 Å². The van der Waals surface area contributed by atoms with Crippen LogP contribution in [0.3, 0.4) is 0 Å². The van der Waals surface area contributed by atoms with E-state index in [1.807, 2.05) is 18.3 Å². The van der Waals surface area contributed by atoms with E-state index in [1.54, 1.807) is 0 Å². The van der Waals surface area contributed by atoms with Crippen molar-refractivity contribution in [2.75, 3.05) is 6.54 Å². The van der Waals surface area contributed by atoms with Crippen LogP contribution in [0.25, 0.3) is 5.69 Å². The maximum atomic E-state index is 5.69. The van der Waals surface area contributed by atoms with E-state index in [4.69, 9.17) is 12.2 Å². The van der Waals surface area contributed by atoms with Crippen LogP contribution in [0.2, 0.25) is 0 Å². The monoisotopic (exact) mass is 376 g/mol. The Morgan fingerprint density at radius 1 is 1.07 bits per heavy atom. The summed E-state index contributed by atoms with van der Waals surface area (Å²) in [5.74, 6) is 0. The summed E-state index contributed by atoms with van der Waals surface area (Å²) in [4.78, 5) is 6.91. The summed E-state index contributed by atoms with van der Waals surface area (Å²) >= 11 is 5.69. The molecule has 1 saturated heterocycles. The summed E-state index contributed by atoms with van der Waals surface area (Å²) in [5.41, 5.74) is 4.65. The molecule has 0 spiro atoms. The lowest BCUT2D eigenvalue weighted by Crippen LogP contribution is -2.31. The Labute approximate surface area is 165 Å². The molecule has 1 aliphatic rings. The Balaban J connectivity index is 1.80. The second kappa shape index (κ2) is 7.53. The molecular weight excluding hydrogens is 352 g/mol. The lowest BCUT2D eigenvalue weighted by Gasteiger charge is -2.28. The van der Waals surface area contributed by atoms with E-state index in [1.165, 1.54) is 11.3 Å². The normalized spacial score (nSPS) is 19.3. The number of rotatable bonds is 5. The van der Waals surface area contributed by atoms with Crippen LogP contribution in [-0.2, 0) is 0 Å². The van der Waals surface area contributed by atoms with Gasteiger partial charge in [-0.05, 0) is 62.0 Å². The van der Waals surface area contributed by atoms with Gasteiger partial charge in [-0.1, -0.05) is 30.7 Å². The highest BCUT2D eigenvalue weighted by atomic mass is 32.1. The summed E-state index contributed by atoms with van der Waals surface area (Å²) in [5, 5.41) is 4.31. The zero-order chi connectivity index (χ0) is 18.8. The van der Waals surface area contributed by atoms with Gasteiger partial charge in [-0.15, -0.1) is 0 Å². The van der Waals surface area contributed by atoms with Crippen LogP contribution in [-0.4, -0.2) is 26.1 Å². The number of aromatic nitrogens is 2. The van der Waals surface area contributed by atoms with Gasteiger partial charge in [0.25, 0.3) is 0 Å². The van der Waals surface area contributed by atoms with Crippen LogP contribution < -0.4 is 5.32 Å². The van der Waals surface area contributed by atoms with Gasteiger partial charge < -0.3 is 14.8 Å². The molecule has 4 nitrogen and oxygen atoms in total. The van der Waals surface area contributed by atoms with Gasteiger partial charge in [0.2, 0.25) is 0 Å². The van der Waals surface area contributed by atoms with E-state index in [0.29, 0.717) is 0 Å². The van der Waals surface area contributed by atoms with Gasteiger partial charge in [0.1, 0.15) is 0 Å². The highest BCUT2D eigenvalue weighted by molar-refractivity contribution is 7.80. The quantitative estimate of drug-likeness (QED) is 0.662. The van der Waals surface area contributed by atoms with E-state index in [-0.39, 0.29) is 12.1 Å². The summed E-state index contributed by atoms with van der Waals surface area (Å²) in [6.45, 7) is 5.21. The highest BCUT2D eigenvalue weighted by Gasteiger charge is 2.40. The van der Waals surface area contributed by atoms with Crippen molar-refractivity contribution in [3.05, 3.63) is 83.9 Å². The highest BCUT2D eigenvalue weighted by Crippen LogP contribution is 2.39. The molecule has 2 atom stereocenters. The van der Waals surface area contributed by atoms with E-state index in [0.717, 1.165) is 29.5 Å². The molecule has 0 bridgehead atoms. The first-order valence-electron chi connectivity index (χ1n) is 9.41. The van der Waals surface area contributed by atoms with Crippen molar-refractivity contribution in [2.45, 2.75) is 32.4 Å². The fourth-order valence-corrected chi connectivity index (χ4v) is 4.12. The summed E-state index contributed by atoms with van der Waals surface area (Å²) in [7, 11) is 0. The average Bonchev–Trinajstić information content (AvgIpc) is 3.28. The number of aryl methyl sites for hydroxylation is 1. The molecule has 0 amide bonds. The number of nitrogens with zero attached hydrogens (tertiary/aromatic N) is 3. The molecule has 1 aromatic carbocycles. The third kappa shape index (κ3) is 3.35. The van der Waals surface area contributed by atoms with E-state index < -0.39 is 0 Å². The van der Waals surface area contributed by atoms with E-state index in [9.17, 15) is 0 Å². The molecule has 138 valence electrons. The van der Waals surface area contributed by atoms with Gasteiger partial charge in [-0.25, -0.2) is 0 Å². The van der Waals surface area contributed by atoms with Gasteiger partial charge in [0.15, 0.2) is 5.11 Å². The minimum Gasteiger partial charge on any atom is -0.352 e. The number of hydrogen-bond acceptors (Lipinski definition) is 2. The van der Waals surface area contributed by atoms with Gasteiger partial charge in [-0.2, -0.15) is 0 Å². The van der Waals surface area contributed by atoms with Gasteiger partial charge in [0, 0.05) is 30.3 Å². The molecule has 1 N–H and O–H groups in total. The van der Waals surface area contributed by atoms with Crippen LogP contribution >= 0.6 is 12.2 Å². The number of nitrogens with one attached hydrogen (secondary N) is 1. The molecule has 27 heavy (non-hydrogen) atoms. The Morgan fingerprint density at radius 3 is 2.59 bits per heavy atom. The fraction of sp³-hybridized carbons (Fsp3) is 0.273. The predicted octanol–water partition coefficient (Wildman–Crippen LogP) is 4.56. The maximum absolute atomic E-state index is 5.69. The zero-order valence-corrected chi connectivity index (χ0v) is 16.5. The van der Waals surface area contributed by atoms with Gasteiger partial charge >= 0.3 is 0 Å². The molecule has 2 aromatic heterocycles. The lowest BCUT2D eigenvalue weighted by molar-refractivity contribution is 0.309. The summed E-state index contributed by atoms with van der Waals surface area (Å²) < 4.78 is 2.26. The second-order valence-corrected chi connectivity index (χ2v) is 7.35. The first-order valence-corrected chi connectivity index (χ1v) is 9.82. The standard InChI is InChI=1S/C22H24N4S/c1-3-14-26-21(20(24-22(26)27)18-7-4-5-13-23-18)19-8-6-15-25(19)17-11-9-16(2)10-12-17/h4-13,15,20-21H,3,14H2,1-2H3,(H,24,27)/t20-,21+/m1/s1. The van der Waals surface area contributed by atoms with Crippen molar-refractivity contribution in [1.29, 1.82) is 0 Å². The fourth-order valence-electron chi connectivity index (χ4n) is 3.78. The number of pyridine rings is 1. The molecule has 0 unspecified atom stereocenters. The Bertz CT molecular complexity index is 917. The molecule has 4 rings (SSSR count). The first-order chi connectivity index (χ1) is 13.2. The smallest absolute Gasteiger partial charge is 0.170 e. The second-order valence-electron chi connectivity index (χ2n) is 6.96. The van der Waals surface area contributed by atoms with Crippen molar-refractivity contribution in [1.82, 2.24) is 19.8 Å². The molecule has 5 heteroatoms. The van der Waals surface area contributed by atoms with Crippen LogP contribution in [0, 0.1) is 6.92 Å². The van der Waals surface area contributed by atoms with E-state index >= 15 is 0 Å². The number of thiocarbonyl (C=S) groups is 1.